The van der Waals surface area contributed by atoms with Crippen molar-refractivity contribution in [1.82, 2.24) is 0 Å². The van der Waals surface area contributed by atoms with Crippen LogP contribution < -0.4 is 0 Å². The van der Waals surface area contributed by atoms with E-state index in [1.807, 2.05) is 0 Å². The van der Waals surface area contributed by atoms with Crippen molar-refractivity contribution in [2.45, 2.75) is 14.4 Å². The Labute approximate surface area is 75.7 Å². The average Bonchev–Trinajstić information content (AvgIpc) is 0.811. The SMILES string of the molecule is C.CC(=O)O.O.[CH3-].[Y]. The summed E-state index contributed by atoms with van der Waals surface area (Å²) in [4.78, 5) is 9.00. The largest absolute Gasteiger partial charge is 0.481 e. The molecule has 0 saturated carbocycles. The molecule has 3 nitrogen and oxygen atoms in total. The van der Waals surface area contributed by atoms with E-state index in [1.165, 1.54) is 0 Å². The summed E-state index contributed by atoms with van der Waals surface area (Å²) < 4.78 is 0. The van der Waals surface area contributed by atoms with Gasteiger partial charge in [0.05, 0.1) is 0 Å². The van der Waals surface area contributed by atoms with Crippen LogP contribution in [-0.4, -0.2) is 16.6 Å². The molecular formula is C4H13O3Y-. The number of hydrogen-bond donors (Lipinski definition) is 1. The Morgan fingerprint density at radius 2 is 1.50 bits per heavy atom. The normalized spacial score (nSPS) is 3.12. The van der Waals surface area contributed by atoms with E-state index < -0.39 is 5.97 Å². The minimum absolute atomic E-state index is 0. The van der Waals surface area contributed by atoms with E-state index in [-0.39, 0.29) is 53.0 Å². The van der Waals surface area contributed by atoms with Gasteiger partial charge in [-0.05, 0) is 0 Å². The van der Waals surface area contributed by atoms with Crippen LogP contribution in [0.3, 0.4) is 0 Å². The molecule has 0 amide bonds. The van der Waals surface area contributed by atoms with Gasteiger partial charge in [-0.3, -0.25) is 4.79 Å². The van der Waals surface area contributed by atoms with Gasteiger partial charge in [0.25, 0.3) is 5.97 Å². The Balaban J connectivity index is -0.00000000750. The smallest absolute Gasteiger partial charge is 0.300 e. The third kappa shape index (κ3) is 702. The zero-order valence-electron chi connectivity index (χ0n) is 4.43. The maximum absolute atomic E-state index is 9.00. The maximum atomic E-state index is 9.00. The molecule has 0 saturated heterocycles. The van der Waals surface area contributed by atoms with Gasteiger partial charge < -0.3 is 18.0 Å². The van der Waals surface area contributed by atoms with Crippen LogP contribution in [0.5, 0.6) is 0 Å². The molecule has 0 atom stereocenters. The van der Waals surface area contributed by atoms with Crippen LogP contribution in [0.4, 0.5) is 0 Å². The number of carbonyl (C=O) groups is 1. The molecule has 4 heteroatoms. The molecule has 0 aliphatic rings. The molecule has 0 bridgehead atoms. The third-order valence-corrected chi connectivity index (χ3v) is 0. The minimum atomic E-state index is -0.833. The Morgan fingerprint density at radius 1 is 1.50 bits per heavy atom. The van der Waals surface area contributed by atoms with E-state index in [0.29, 0.717) is 0 Å². The third-order valence-electron chi connectivity index (χ3n) is 0. The molecule has 0 fully saturated rings. The van der Waals surface area contributed by atoms with Gasteiger partial charge in [0.15, 0.2) is 0 Å². The summed E-state index contributed by atoms with van der Waals surface area (Å²) in [6.45, 7) is 1.08. The van der Waals surface area contributed by atoms with Crippen molar-refractivity contribution in [2.24, 2.45) is 0 Å². The van der Waals surface area contributed by atoms with E-state index in [1.54, 1.807) is 0 Å². The quantitative estimate of drug-likeness (QED) is 0.570. The van der Waals surface area contributed by atoms with Crippen LogP contribution in [0.2, 0.25) is 0 Å². The first-order chi connectivity index (χ1) is 1.73. The summed E-state index contributed by atoms with van der Waals surface area (Å²) in [5.41, 5.74) is 0. The van der Waals surface area contributed by atoms with Gasteiger partial charge >= 0.3 is 0 Å². The number of hydrogen-bond acceptors (Lipinski definition) is 1. The van der Waals surface area contributed by atoms with Gasteiger partial charge in [0.2, 0.25) is 0 Å². The van der Waals surface area contributed by atoms with E-state index in [0.717, 1.165) is 6.92 Å². The Hall–Kier alpha value is 0.534. The second-order valence-corrected chi connectivity index (χ2v) is 0.519. The molecule has 0 rings (SSSR count). The van der Waals surface area contributed by atoms with Crippen molar-refractivity contribution in [2.75, 3.05) is 0 Å². The fourth-order valence-electron chi connectivity index (χ4n) is 0. The number of aliphatic carboxylic acids is 1. The topological polar surface area (TPSA) is 68.8 Å². The van der Waals surface area contributed by atoms with Crippen molar-refractivity contribution in [3.63, 3.8) is 0 Å². The Bertz CT molecular complexity index is 34.3. The molecule has 0 aliphatic heterocycles. The first kappa shape index (κ1) is 38.8. The zero-order chi connectivity index (χ0) is 3.58. The van der Waals surface area contributed by atoms with Gasteiger partial charge in [-0.2, -0.15) is 0 Å². The van der Waals surface area contributed by atoms with E-state index in [4.69, 9.17) is 9.90 Å². The minimum Gasteiger partial charge on any atom is -0.481 e. The number of rotatable bonds is 0. The molecule has 0 unspecified atom stereocenters. The van der Waals surface area contributed by atoms with Crippen LogP contribution in [0.1, 0.15) is 14.4 Å². The first-order valence-electron chi connectivity index (χ1n) is 0.928. The molecular weight excluding hydrogens is 185 g/mol. The summed E-state index contributed by atoms with van der Waals surface area (Å²) in [6, 6.07) is 0. The molecule has 8 heavy (non-hydrogen) atoms. The molecule has 0 aromatic rings. The summed E-state index contributed by atoms with van der Waals surface area (Å²) in [6.07, 6.45) is 0. The predicted molar refractivity (Wildman–Crippen MR) is 30.1 cm³/mol. The van der Waals surface area contributed by atoms with Crippen molar-refractivity contribution in [1.29, 1.82) is 0 Å². The zero-order valence-corrected chi connectivity index (χ0v) is 7.27. The van der Waals surface area contributed by atoms with E-state index in [9.17, 15) is 0 Å². The fraction of sp³-hybridized carbons (Fsp3) is 0.500. The Kier molecular flexibility index (Phi) is 125. The molecule has 0 spiro atoms. The first-order valence-corrected chi connectivity index (χ1v) is 0.928. The van der Waals surface area contributed by atoms with Crippen LogP contribution in [-0.2, 0) is 37.5 Å². The van der Waals surface area contributed by atoms with Gasteiger partial charge in [-0.1, -0.05) is 7.43 Å². The van der Waals surface area contributed by atoms with Crippen molar-refractivity contribution >= 4 is 5.97 Å². The summed E-state index contributed by atoms with van der Waals surface area (Å²) in [5.74, 6) is -0.833. The van der Waals surface area contributed by atoms with Gasteiger partial charge in [-0.15, -0.1) is 0 Å². The van der Waals surface area contributed by atoms with E-state index >= 15 is 0 Å². The van der Waals surface area contributed by atoms with Crippen LogP contribution >= 0.6 is 0 Å². The average molecular weight is 198 g/mol. The number of carboxylic acid groups (broad SMARTS) is 1. The fourth-order valence-corrected chi connectivity index (χ4v) is 0. The van der Waals surface area contributed by atoms with E-state index in [2.05, 4.69) is 0 Å². The molecule has 0 aliphatic carbocycles. The van der Waals surface area contributed by atoms with Crippen molar-refractivity contribution in [3.05, 3.63) is 7.43 Å². The molecule has 51 valence electrons. The molecule has 1 radical (unpaired) electrons. The second kappa shape index (κ2) is 25.8. The molecule has 3 N–H and O–H groups in total. The monoisotopic (exact) mass is 198 g/mol. The molecule has 0 aromatic carbocycles. The summed E-state index contributed by atoms with van der Waals surface area (Å²) in [5, 5.41) is 7.42. The summed E-state index contributed by atoms with van der Waals surface area (Å²) >= 11 is 0. The predicted octanol–water partition coefficient (Wildman–Crippen LogP) is 0.350. The van der Waals surface area contributed by atoms with Crippen molar-refractivity contribution < 1.29 is 48.1 Å². The van der Waals surface area contributed by atoms with Gasteiger partial charge in [0, 0.05) is 39.6 Å². The standard InChI is InChI=1S/C2H4O2.CH4.CH3.H2O.Y/c1-2(3)4;;;;/h1H3,(H,3,4);1H4;1H3;1H2;/q;;-1;;. The van der Waals surface area contributed by atoms with Crippen LogP contribution in [0.25, 0.3) is 0 Å². The molecule has 0 aromatic heterocycles. The number of carboxylic acids is 1. The summed E-state index contributed by atoms with van der Waals surface area (Å²) in [7, 11) is 0. The van der Waals surface area contributed by atoms with Crippen LogP contribution in [0.15, 0.2) is 0 Å². The van der Waals surface area contributed by atoms with Gasteiger partial charge in [0.1, 0.15) is 0 Å². The van der Waals surface area contributed by atoms with Crippen LogP contribution in [0, 0.1) is 7.43 Å². The molecule has 0 heterocycles. The Morgan fingerprint density at radius 3 is 1.50 bits per heavy atom. The second-order valence-electron chi connectivity index (χ2n) is 0.519. The van der Waals surface area contributed by atoms with Gasteiger partial charge in [-0.25, -0.2) is 0 Å². The maximum Gasteiger partial charge on any atom is 0.300 e. The van der Waals surface area contributed by atoms with Crippen molar-refractivity contribution in [3.8, 4) is 0 Å².